The Bertz CT molecular complexity index is 772. The van der Waals surface area contributed by atoms with E-state index in [9.17, 15) is 0 Å². The standard InChI is InChI=1S/C24H35N5O/c1-25-24(27-19-22-10-6-11-23(18-22)30-2)26-12-7-13-28-14-16-29(17-15-28)20-21-8-4-3-5-9-21/h3-6,8-11,18H,7,12-17,19-20H2,1-2H3,(H2,25,26,27). The fourth-order valence-corrected chi connectivity index (χ4v) is 3.71. The molecule has 2 aromatic carbocycles. The van der Waals surface area contributed by atoms with Crippen LogP contribution in [-0.2, 0) is 13.1 Å². The van der Waals surface area contributed by atoms with Gasteiger partial charge in [0.1, 0.15) is 5.75 Å². The molecule has 0 amide bonds. The predicted octanol–water partition coefficient (Wildman–Crippen LogP) is 2.57. The van der Waals surface area contributed by atoms with E-state index in [-0.39, 0.29) is 0 Å². The van der Waals surface area contributed by atoms with Crippen molar-refractivity contribution in [1.82, 2.24) is 20.4 Å². The molecule has 0 spiro atoms. The normalized spacial score (nSPS) is 15.7. The Hall–Kier alpha value is -2.57. The van der Waals surface area contributed by atoms with Crippen molar-refractivity contribution in [2.75, 3.05) is 53.4 Å². The molecule has 0 bridgehead atoms. The van der Waals surface area contributed by atoms with E-state index in [2.05, 4.69) is 61.8 Å². The second-order valence-electron chi connectivity index (χ2n) is 7.66. The van der Waals surface area contributed by atoms with Crippen molar-refractivity contribution in [2.45, 2.75) is 19.5 Å². The zero-order valence-corrected chi connectivity index (χ0v) is 18.3. The molecule has 3 rings (SSSR count). The second-order valence-corrected chi connectivity index (χ2v) is 7.66. The molecule has 6 nitrogen and oxygen atoms in total. The highest BCUT2D eigenvalue weighted by atomic mass is 16.5. The van der Waals surface area contributed by atoms with Gasteiger partial charge in [0.05, 0.1) is 7.11 Å². The van der Waals surface area contributed by atoms with Crippen molar-refractivity contribution in [3.05, 3.63) is 65.7 Å². The fourth-order valence-electron chi connectivity index (χ4n) is 3.71. The minimum absolute atomic E-state index is 0.722. The third-order valence-corrected chi connectivity index (χ3v) is 5.48. The molecule has 0 radical (unpaired) electrons. The molecule has 6 heteroatoms. The molecule has 0 aromatic heterocycles. The van der Waals surface area contributed by atoms with E-state index in [1.54, 1.807) is 7.11 Å². The van der Waals surface area contributed by atoms with E-state index in [4.69, 9.17) is 4.74 Å². The number of nitrogens with one attached hydrogen (secondary N) is 2. The number of hydrogen-bond acceptors (Lipinski definition) is 4. The molecular formula is C24H35N5O. The van der Waals surface area contributed by atoms with E-state index in [1.165, 1.54) is 11.1 Å². The first-order chi connectivity index (χ1) is 14.8. The second kappa shape index (κ2) is 12.2. The molecule has 1 aliphatic heterocycles. The quantitative estimate of drug-likeness (QED) is 0.379. The fraction of sp³-hybridized carbons (Fsp3) is 0.458. The lowest BCUT2D eigenvalue weighted by Crippen LogP contribution is -2.46. The van der Waals surface area contributed by atoms with Gasteiger partial charge in [-0.3, -0.25) is 9.89 Å². The SMILES string of the molecule is CN=C(NCCCN1CCN(Cc2ccccc2)CC1)NCc1cccc(OC)c1. The Morgan fingerprint density at radius 2 is 1.67 bits per heavy atom. The highest BCUT2D eigenvalue weighted by Gasteiger charge is 2.16. The summed E-state index contributed by atoms with van der Waals surface area (Å²) in [6, 6.07) is 18.8. The molecule has 1 heterocycles. The van der Waals surface area contributed by atoms with Crippen LogP contribution in [0.5, 0.6) is 5.75 Å². The third kappa shape index (κ3) is 7.35. The third-order valence-electron chi connectivity index (χ3n) is 5.48. The molecule has 2 aromatic rings. The summed E-state index contributed by atoms with van der Waals surface area (Å²) in [5.41, 5.74) is 2.58. The first-order valence-corrected chi connectivity index (χ1v) is 10.8. The number of ether oxygens (including phenoxy) is 1. The molecule has 0 atom stereocenters. The van der Waals surface area contributed by atoms with Crippen LogP contribution >= 0.6 is 0 Å². The highest BCUT2D eigenvalue weighted by molar-refractivity contribution is 5.79. The van der Waals surface area contributed by atoms with Gasteiger partial charge in [0.15, 0.2) is 5.96 Å². The Morgan fingerprint density at radius 1 is 0.933 bits per heavy atom. The molecule has 2 N–H and O–H groups in total. The van der Waals surface area contributed by atoms with Crippen LogP contribution in [-0.4, -0.2) is 69.2 Å². The predicted molar refractivity (Wildman–Crippen MR) is 124 cm³/mol. The number of methoxy groups -OCH3 is 1. The molecule has 0 unspecified atom stereocenters. The van der Waals surface area contributed by atoms with Gasteiger partial charge in [-0.15, -0.1) is 0 Å². The van der Waals surface area contributed by atoms with Gasteiger partial charge in [-0.1, -0.05) is 42.5 Å². The van der Waals surface area contributed by atoms with E-state index in [0.717, 1.165) is 70.5 Å². The van der Waals surface area contributed by atoms with Crippen molar-refractivity contribution in [3.63, 3.8) is 0 Å². The minimum Gasteiger partial charge on any atom is -0.497 e. The Kier molecular flexibility index (Phi) is 9.00. The summed E-state index contributed by atoms with van der Waals surface area (Å²) in [5.74, 6) is 1.71. The summed E-state index contributed by atoms with van der Waals surface area (Å²) >= 11 is 0. The van der Waals surface area contributed by atoms with Crippen LogP contribution in [0.25, 0.3) is 0 Å². The summed E-state index contributed by atoms with van der Waals surface area (Å²) in [6.45, 7) is 8.41. The first-order valence-electron chi connectivity index (χ1n) is 10.8. The van der Waals surface area contributed by atoms with Gasteiger partial charge in [-0.2, -0.15) is 0 Å². The summed E-state index contributed by atoms with van der Waals surface area (Å²) in [5, 5.41) is 6.79. The number of nitrogens with zero attached hydrogens (tertiary/aromatic N) is 3. The molecule has 162 valence electrons. The Balaban J connectivity index is 1.28. The van der Waals surface area contributed by atoms with E-state index in [0.29, 0.717) is 0 Å². The smallest absolute Gasteiger partial charge is 0.191 e. The van der Waals surface area contributed by atoms with Gasteiger partial charge < -0.3 is 20.3 Å². The van der Waals surface area contributed by atoms with Gasteiger partial charge >= 0.3 is 0 Å². The average Bonchev–Trinajstić information content (AvgIpc) is 2.80. The number of hydrogen-bond donors (Lipinski definition) is 2. The number of aliphatic imine (C=N–C) groups is 1. The van der Waals surface area contributed by atoms with Crippen LogP contribution in [0, 0.1) is 0 Å². The summed E-state index contributed by atoms with van der Waals surface area (Å²) in [7, 11) is 3.50. The Morgan fingerprint density at radius 3 is 2.40 bits per heavy atom. The molecule has 0 saturated carbocycles. The lowest BCUT2D eigenvalue weighted by atomic mass is 10.2. The zero-order chi connectivity index (χ0) is 21.0. The van der Waals surface area contributed by atoms with Gasteiger partial charge in [0, 0.05) is 52.9 Å². The van der Waals surface area contributed by atoms with Crippen LogP contribution in [0.15, 0.2) is 59.6 Å². The number of rotatable bonds is 9. The number of guanidine groups is 1. The monoisotopic (exact) mass is 409 g/mol. The topological polar surface area (TPSA) is 52.1 Å². The van der Waals surface area contributed by atoms with Crippen molar-refractivity contribution in [2.24, 2.45) is 4.99 Å². The maximum Gasteiger partial charge on any atom is 0.191 e. The first kappa shape index (κ1) is 22.1. The molecule has 1 fully saturated rings. The summed E-state index contributed by atoms with van der Waals surface area (Å²) in [6.07, 6.45) is 1.11. The van der Waals surface area contributed by atoms with Gasteiger partial charge in [0.2, 0.25) is 0 Å². The maximum atomic E-state index is 5.28. The summed E-state index contributed by atoms with van der Waals surface area (Å²) in [4.78, 5) is 9.44. The molecule has 30 heavy (non-hydrogen) atoms. The maximum absolute atomic E-state index is 5.28. The van der Waals surface area contributed by atoms with Crippen LogP contribution in [0.4, 0.5) is 0 Å². The largest absolute Gasteiger partial charge is 0.497 e. The van der Waals surface area contributed by atoms with Crippen molar-refractivity contribution < 1.29 is 4.74 Å². The number of benzene rings is 2. The molecule has 1 aliphatic rings. The molecule has 0 aliphatic carbocycles. The van der Waals surface area contributed by atoms with Crippen molar-refractivity contribution >= 4 is 5.96 Å². The lowest BCUT2D eigenvalue weighted by Gasteiger charge is -2.34. The summed E-state index contributed by atoms with van der Waals surface area (Å²) < 4.78 is 5.28. The van der Waals surface area contributed by atoms with Crippen molar-refractivity contribution in [3.8, 4) is 5.75 Å². The van der Waals surface area contributed by atoms with E-state index >= 15 is 0 Å². The van der Waals surface area contributed by atoms with Crippen molar-refractivity contribution in [1.29, 1.82) is 0 Å². The van der Waals surface area contributed by atoms with Crippen LogP contribution in [0.3, 0.4) is 0 Å². The lowest BCUT2D eigenvalue weighted by molar-refractivity contribution is 0.126. The van der Waals surface area contributed by atoms with Gasteiger partial charge in [-0.25, -0.2) is 0 Å². The van der Waals surface area contributed by atoms with Crippen LogP contribution in [0.2, 0.25) is 0 Å². The van der Waals surface area contributed by atoms with Gasteiger partial charge in [-0.05, 0) is 36.2 Å². The zero-order valence-electron chi connectivity index (χ0n) is 18.3. The van der Waals surface area contributed by atoms with E-state index < -0.39 is 0 Å². The number of piperazine rings is 1. The van der Waals surface area contributed by atoms with E-state index in [1.807, 2.05) is 25.2 Å². The molecule has 1 saturated heterocycles. The van der Waals surface area contributed by atoms with Gasteiger partial charge in [0.25, 0.3) is 0 Å². The highest BCUT2D eigenvalue weighted by Crippen LogP contribution is 2.12. The van der Waals surface area contributed by atoms with Crippen LogP contribution < -0.4 is 15.4 Å². The average molecular weight is 410 g/mol. The molecular weight excluding hydrogens is 374 g/mol. The minimum atomic E-state index is 0.722. The Labute approximate surface area is 180 Å². The van der Waals surface area contributed by atoms with Crippen LogP contribution in [0.1, 0.15) is 17.5 Å².